The predicted molar refractivity (Wildman–Crippen MR) is 122 cm³/mol. The second-order valence-electron chi connectivity index (χ2n) is 8.24. The molecule has 0 saturated carbocycles. The van der Waals surface area contributed by atoms with Gasteiger partial charge in [-0.15, -0.1) is 0 Å². The van der Waals surface area contributed by atoms with E-state index in [1.165, 1.54) is 0 Å². The molecule has 7 heteroatoms. The lowest BCUT2D eigenvalue weighted by molar-refractivity contribution is -0.124. The first kappa shape index (κ1) is 21.0. The number of hydrogen-bond donors (Lipinski definition) is 1. The van der Waals surface area contributed by atoms with Crippen molar-refractivity contribution in [1.82, 2.24) is 15.2 Å². The number of nitrogens with one attached hydrogen (secondary N) is 1. The number of carbonyl (C=O) groups is 2. The molecule has 5 rings (SSSR count). The Morgan fingerprint density at radius 2 is 1.88 bits per heavy atom. The number of aromatic nitrogens is 1. The summed E-state index contributed by atoms with van der Waals surface area (Å²) in [7, 11) is 3.19. The van der Waals surface area contributed by atoms with Crippen molar-refractivity contribution >= 4 is 11.8 Å². The van der Waals surface area contributed by atoms with E-state index in [0.717, 1.165) is 22.3 Å². The van der Waals surface area contributed by atoms with E-state index in [-0.39, 0.29) is 11.8 Å². The van der Waals surface area contributed by atoms with Gasteiger partial charge in [0.05, 0.1) is 26.2 Å². The van der Waals surface area contributed by atoms with Gasteiger partial charge in [-0.05, 0) is 52.9 Å². The van der Waals surface area contributed by atoms with Crippen LogP contribution >= 0.6 is 0 Å². The third-order valence-corrected chi connectivity index (χ3v) is 6.50. The predicted octanol–water partition coefficient (Wildman–Crippen LogP) is 3.25. The van der Waals surface area contributed by atoms with E-state index in [0.29, 0.717) is 36.6 Å². The summed E-state index contributed by atoms with van der Waals surface area (Å²) in [5, 5.41) is 3.07. The molecule has 0 radical (unpaired) electrons. The Hall–Kier alpha value is -3.87. The van der Waals surface area contributed by atoms with Crippen LogP contribution in [0.2, 0.25) is 0 Å². The maximum Gasteiger partial charge on any atom is 0.254 e. The number of ether oxygens (including phenoxy) is 2. The fourth-order valence-corrected chi connectivity index (χ4v) is 4.94. The van der Waals surface area contributed by atoms with Crippen molar-refractivity contribution in [3.8, 4) is 11.5 Å². The van der Waals surface area contributed by atoms with Crippen LogP contribution < -0.4 is 14.8 Å². The van der Waals surface area contributed by atoms with Gasteiger partial charge >= 0.3 is 0 Å². The van der Waals surface area contributed by atoms with Crippen molar-refractivity contribution in [2.75, 3.05) is 20.8 Å². The molecule has 2 atom stereocenters. The van der Waals surface area contributed by atoms with Crippen LogP contribution in [0.5, 0.6) is 11.5 Å². The minimum Gasteiger partial charge on any atom is -0.493 e. The zero-order valence-electron chi connectivity index (χ0n) is 18.6. The summed E-state index contributed by atoms with van der Waals surface area (Å²) in [6, 6.07) is 14.6. The molecule has 1 N–H and O–H groups in total. The van der Waals surface area contributed by atoms with Gasteiger partial charge in [-0.2, -0.15) is 0 Å². The Bertz CT molecular complexity index is 1210. The van der Waals surface area contributed by atoms with Crippen LogP contribution in [-0.2, 0) is 17.8 Å². The molecule has 0 spiro atoms. The number of amides is 2. The van der Waals surface area contributed by atoms with Gasteiger partial charge in [-0.25, -0.2) is 0 Å². The number of benzene rings is 2. The Morgan fingerprint density at radius 1 is 1.09 bits per heavy atom. The number of fused-ring (bicyclic) bond motifs is 4. The van der Waals surface area contributed by atoms with Gasteiger partial charge in [-0.3, -0.25) is 14.6 Å². The lowest BCUT2D eigenvalue weighted by Gasteiger charge is -2.45. The molecule has 3 aromatic rings. The standard InChI is InChI=1S/C26H25N3O4/c1-32-21-12-17-9-11-29-24(20(17)13-22(21)33-2)23(18-7-3-4-8-19(18)26(29)31)25(30)28-15-16-6-5-10-27-14-16/h3-8,10,12-14,23-24H,9,11,15H2,1-2H3,(H,28,30). The first-order valence-electron chi connectivity index (χ1n) is 10.9. The van der Waals surface area contributed by atoms with Crippen LogP contribution in [-0.4, -0.2) is 42.5 Å². The quantitative estimate of drug-likeness (QED) is 0.655. The van der Waals surface area contributed by atoms with E-state index in [1.54, 1.807) is 32.7 Å². The van der Waals surface area contributed by atoms with Crippen LogP contribution in [0, 0.1) is 0 Å². The van der Waals surface area contributed by atoms with Gasteiger partial charge in [0.15, 0.2) is 11.5 Å². The highest BCUT2D eigenvalue weighted by molar-refractivity contribution is 6.01. The Morgan fingerprint density at radius 3 is 2.64 bits per heavy atom. The fourth-order valence-electron chi connectivity index (χ4n) is 4.94. The highest BCUT2D eigenvalue weighted by Gasteiger charge is 2.46. The molecule has 2 aliphatic heterocycles. The molecule has 3 heterocycles. The lowest BCUT2D eigenvalue weighted by atomic mass is 9.75. The van der Waals surface area contributed by atoms with Crippen molar-refractivity contribution < 1.29 is 19.1 Å². The number of pyridine rings is 1. The summed E-state index contributed by atoms with van der Waals surface area (Å²) in [5.41, 5.74) is 4.22. The zero-order chi connectivity index (χ0) is 22.9. The molecule has 1 aromatic heterocycles. The van der Waals surface area contributed by atoms with Gasteiger partial charge in [0.25, 0.3) is 5.91 Å². The number of hydrogen-bond acceptors (Lipinski definition) is 5. The molecule has 2 unspecified atom stereocenters. The summed E-state index contributed by atoms with van der Waals surface area (Å²) >= 11 is 0. The minimum absolute atomic E-state index is 0.0488. The Balaban J connectivity index is 1.59. The van der Waals surface area contributed by atoms with E-state index < -0.39 is 12.0 Å². The summed E-state index contributed by atoms with van der Waals surface area (Å²) < 4.78 is 11.0. The molecule has 2 aliphatic rings. The Kier molecular flexibility index (Phi) is 5.46. The largest absolute Gasteiger partial charge is 0.493 e. The molecule has 0 saturated heterocycles. The van der Waals surface area contributed by atoms with E-state index in [4.69, 9.17) is 9.47 Å². The van der Waals surface area contributed by atoms with Crippen LogP contribution in [0.25, 0.3) is 0 Å². The van der Waals surface area contributed by atoms with Gasteiger partial charge < -0.3 is 19.7 Å². The average Bonchev–Trinajstić information content (AvgIpc) is 2.87. The van der Waals surface area contributed by atoms with Crippen LogP contribution in [0.1, 0.15) is 44.6 Å². The number of carbonyl (C=O) groups excluding carboxylic acids is 2. The summed E-state index contributed by atoms with van der Waals surface area (Å²) in [4.78, 5) is 33.0. The molecule has 2 aromatic carbocycles. The molecular weight excluding hydrogens is 418 g/mol. The van der Waals surface area contributed by atoms with Gasteiger partial charge in [0.2, 0.25) is 5.91 Å². The molecular formula is C26H25N3O4. The number of nitrogens with zero attached hydrogens (tertiary/aromatic N) is 2. The highest BCUT2D eigenvalue weighted by Crippen LogP contribution is 2.48. The monoisotopic (exact) mass is 443 g/mol. The van der Waals surface area contributed by atoms with Crippen molar-refractivity contribution in [1.29, 1.82) is 0 Å². The normalized spacial score (nSPS) is 18.6. The van der Waals surface area contributed by atoms with Gasteiger partial charge in [0.1, 0.15) is 0 Å². The molecule has 168 valence electrons. The lowest BCUT2D eigenvalue weighted by Crippen LogP contribution is -2.50. The van der Waals surface area contributed by atoms with Crippen LogP contribution in [0.15, 0.2) is 60.9 Å². The third-order valence-electron chi connectivity index (χ3n) is 6.50. The maximum atomic E-state index is 13.7. The third kappa shape index (κ3) is 3.59. The zero-order valence-corrected chi connectivity index (χ0v) is 18.6. The highest BCUT2D eigenvalue weighted by atomic mass is 16.5. The molecule has 33 heavy (non-hydrogen) atoms. The molecule has 0 bridgehead atoms. The second-order valence-corrected chi connectivity index (χ2v) is 8.24. The summed E-state index contributed by atoms with van der Waals surface area (Å²) in [5.74, 6) is 0.500. The van der Waals surface area contributed by atoms with E-state index in [1.807, 2.05) is 47.4 Å². The number of methoxy groups -OCH3 is 2. The van der Waals surface area contributed by atoms with E-state index in [9.17, 15) is 9.59 Å². The van der Waals surface area contributed by atoms with Gasteiger partial charge in [-0.1, -0.05) is 24.3 Å². The summed E-state index contributed by atoms with van der Waals surface area (Å²) in [6.45, 7) is 0.900. The van der Waals surface area contributed by atoms with Crippen LogP contribution in [0.3, 0.4) is 0 Å². The average molecular weight is 444 g/mol. The molecule has 7 nitrogen and oxygen atoms in total. The van der Waals surface area contributed by atoms with Crippen molar-refractivity contribution in [2.24, 2.45) is 0 Å². The minimum atomic E-state index is -0.548. The molecule has 0 fully saturated rings. The van der Waals surface area contributed by atoms with Crippen molar-refractivity contribution in [3.05, 3.63) is 88.7 Å². The molecule has 2 amide bonds. The smallest absolute Gasteiger partial charge is 0.254 e. The van der Waals surface area contributed by atoms with E-state index in [2.05, 4.69) is 10.3 Å². The van der Waals surface area contributed by atoms with Gasteiger partial charge in [0, 0.05) is 31.0 Å². The first-order valence-corrected chi connectivity index (χ1v) is 10.9. The fraction of sp³-hybridized carbons (Fsp3) is 0.269. The van der Waals surface area contributed by atoms with Crippen molar-refractivity contribution in [3.63, 3.8) is 0 Å². The SMILES string of the molecule is COc1cc2c(cc1OC)C1C(C(=O)NCc3cccnc3)c3ccccc3C(=O)N1CC2. The maximum absolute atomic E-state index is 13.7. The van der Waals surface area contributed by atoms with E-state index >= 15 is 0 Å². The second kappa shape index (κ2) is 8.58. The Labute approximate surface area is 192 Å². The summed E-state index contributed by atoms with van der Waals surface area (Å²) in [6.07, 6.45) is 4.12. The number of rotatable bonds is 5. The first-order chi connectivity index (χ1) is 16.1. The van der Waals surface area contributed by atoms with Crippen molar-refractivity contribution in [2.45, 2.75) is 24.9 Å². The van der Waals surface area contributed by atoms with Crippen LogP contribution in [0.4, 0.5) is 0 Å². The topological polar surface area (TPSA) is 80.8 Å². The molecule has 0 aliphatic carbocycles.